The molecule has 1 aliphatic heterocycles. The number of carbonyl (C=O) groups is 3. The smallest absolute Gasteiger partial charge is 0.319 e. The molecule has 29 heavy (non-hydrogen) atoms. The number of rotatable bonds is 4. The maximum absolute atomic E-state index is 13.0. The zero-order valence-corrected chi connectivity index (χ0v) is 17.4. The van der Waals surface area contributed by atoms with Crippen LogP contribution >= 0.6 is 23.2 Å². The first kappa shape index (κ1) is 19.9. The van der Waals surface area contributed by atoms with Crippen molar-refractivity contribution in [2.45, 2.75) is 38.1 Å². The maximum atomic E-state index is 13.0. The van der Waals surface area contributed by atoms with Crippen LogP contribution in [-0.2, 0) is 23.2 Å². The monoisotopic (exact) mass is 430 g/mol. The first-order valence-electron chi connectivity index (χ1n) is 9.54. The van der Waals surface area contributed by atoms with Gasteiger partial charge in [-0.1, -0.05) is 41.4 Å². The quantitative estimate of drug-likeness (QED) is 0.572. The van der Waals surface area contributed by atoms with Gasteiger partial charge in [-0.3, -0.25) is 14.5 Å². The van der Waals surface area contributed by atoms with Crippen LogP contribution in [0.15, 0.2) is 36.4 Å². The Bertz CT molecular complexity index is 1040. The topological polar surface area (TPSA) is 66.5 Å². The summed E-state index contributed by atoms with van der Waals surface area (Å²) < 4.78 is 0. The maximum Gasteiger partial charge on any atom is 0.325 e. The van der Waals surface area contributed by atoms with Gasteiger partial charge in [-0.2, -0.15) is 0 Å². The predicted molar refractivity (Wildman–Crippen MR) is 111 cm³/mol. The summed E-state index contributed by atoms with van der Waals surface area (Å²) in [6, 6.07) is 9.82. The normalized spacial score (nSPS) is 21.1. The molecule has 1 unspecified atom stereocenters. The van der Waals surface area contributed by atoms with E-state index in [1.165, 1.54) is 11.1 Å². The third kappa shape index (κ3) is 3.53. The van der Waals surface area contributed by atoms with Crippen molar-refractivity contribution in [1.82, 2.24) is 10.2 Å². The molecule has 2 aromatic carbocycles. The molecule has 7 heteroatoms. The molecular formula is C22H20Cl2N2O3. The number of nitrogens with one attached hydrogen (secondary N) is 1. The van der Waals surface area contributed by atoms with Crippen LogP contribution in [0.5, 0.6) is 0 Å². The van der Waals surface area contributed by atoms with Crippen molar-refractivity contribution in [3.8, 4) is 0 Å². The fraction of sp³-hybridized carbons (Fsp3) is 0.318. The van der Waals surface area contributed by atoms with Gasteiger partial charge in [0.25, 0.3) is 5.91 Å². The van der Waals surface area contributed by atoms with Crippen molar-refractivity contribution >= 4 is 40.9 Å². The Morgan fingerprint density at radius 1 is 1.03 bits per heavy atom. The Kier molecular flexibility index (Phi) is 5.13. The summed E-state index contributed by atoms with van der Waals surface area (Å²) in [5.41, 5.74) is 2.18. The number of aryl methyl sites for hydroxylation is 2. The molecule has 3 amide bonds. The van der Waals surface area contributed by atoms with Crippen molar-refractivity contribution in [3.05, 3.63) is 68.7 Å². The van der Waals surface area contributed by atoms with Gasteiger partial charge in [0.2, 0.25) is 0 Å². The van der Waals surface area contributed by atoms with E-state index in [-0.39, 0.29) is 17.4 Å². The zero-order valence-electron chi connectivity index (χ0n) is 15.9. The minimum absolute atomic E-state index is 0.264. The second-order valence-corrected chi connectivity index (χ2v) is 8.50. The summed E-state index contributed by atoms with van der Waals surface area (Å²) in [5, 5.41) is 3.33. The van der Waals surface area contributed by atoms with Gasteiger partial charge in [-0.05, 0) is 67.5 Å². The van der Waals surface area contributed by atoms with Crippen LogP contribution in [0.2, 0.25) is 10.0 Å². The van der Waals surface area contributed by atoms with Gasteiger partial charge in [-0.15, -0.1) is 0 Å². The molecule has 1 fully saturated rings. The van der Waals surface area contributed by atoms with E-state index in [2.05, 4.69) is 5.32 Å². The number of hydrogen-bond acceptors (Lipinski definition) is 3. The van der Waals surface area contributed by atoms with E-state index in [0.29, 0.717) is 16.1 Å². The molecule has 0 saturated carbocycles. The van der Waals surface area contributed by atoms with Gasteiger partial charge in [0.05, 0.1) is 16.6 Å². The molecule has 1 saturated heterocycles. The first-order valence-corrected chi connectivity index (χ1v) is 10.3. The molecule has 1 aliphatic carbocycles. The Morgan fingerprint density at radius 3 is 2.48 bits per heavy atom. The number of benzene rings is 2. The molecule has 2 aliphatic rings. The summed E-state index contributed by atoms with van der Waals surface area (Å²) >= 11 is 12.0. The van der Waals surface area contributed by atoms with E-state index < -0.39 is 17.5 Å². The van der Waals surface area contributed by atoms with E-state index in [1.807, 2.05) is 12.1 Å². The Hall–Kier alpha value is -2.37. The first-order chi connectivity index (χ1) is 13.8. The third-order valence-electron chi connectivity index (χ3n) is 5.74. The highest BCUT2D eigenvalue weighted by Crippen LogP contribution is 2.33. The Balaban J connectivity index is 1.56. The van der Waals surface area contributed by atoms with E-state index in [0.717, 1.165) is 30.6 Å². The third-order valence-corrected chi connectivity index (χ3v) is 6.48. The predicted octanol–water partition coefficient (Wildman–Crippen LogP) is 4.52. The number of hydrogen-bond donors (Lipinski definition) is 1. The van der Waals surface area contributed by atoms with Crippen molar-refractivity contribution in [3.63, 3.8) is 0 Å². The Labute approximate surface area is 179 Å². The second-order valence-electron chi connectivity index (χ2n) is 7.69. The summed E-state index contributed by atoms with van der Waals surface area (Å²) in [4.78, 5) is 39.3. The summed E-state index contributed by atoms with van der Waals surface area (Å²) in [6.07, 6.45) is 4.25. The van der Waals surface area contributed by atoms with Crippen molar-refractivity contribution in [2.24, 2.45) is 0 Å². The Morgan fingerprint density at radius 2 is 1.76 bits per heavy atom. The highest BCUT2D eigenvalue weighted by molar-refractivity contribution is 6.42. The van der Waals surface area contributed by atoms with Gasteiger partial charge < -0.3 is 5.32 Å². The van der Waals surface area contributed by atoms with Crippen molar-refractivity contribution < 1.29 is 14.4 Å². The molecule has 0 aromatic heterocycles. The molecule has 0 radical (unpaired) electrons. The largest absolute Gasteiger partial charge is 0.325 e. The number of nitrogens with zero attached hydrogens (tertiary/aromatic N) is 1. The fourth-order valence-electron chi connectivity index (χ4n) is 3.99. The number of urea groups is 1. The average molecular weight is 431 g/mol. The molecule has 1 atom stereocenters. The van der Waals surface area contributed by atoms with Crippen LogP contribution in [0.3, 0.4) is 0 Å². The molecule has 5 nitrogen and oxygen atoms in total. The zero-order chi connectivity index (χ0) is 20.8. The lowest BCUT2D eigenvalue weighted by molar-refractivity contribution is -0.130. The number of fused-ring (bicyclic) bond motifs is 1. The summed E-state index contributed by atoms with van der Waals surface area (Å²) in [7, 11) is 0. The van der Waals surface area contributed by atoms with Crippen LogP contribution in [0.4, 0.5) is 4.79 Å². The molecule has 150 valence electrons. The van der Waals surface area contributed by atoms with E-state index in [4.69, 9.17) is 23.2 Å². The average Bonchev–Trinajstić information content (AvgIpc) is 2.93. The van der Waals surface area contributed by atoms with Gasteiger partial charge >= 0.3 is 6.03 Å². The standard InChI is InChI=1S/C22H20Cl2N2O3/c1-22(16-8-9-17(23)18(24)11-16)20(28)26(21(29)25-22)12-19(27)15-7-6-13-4-2-3-5-14(13)10-15/h6-11H,2-5,12H2,1H3,(H,25,29). The highest BCUT2D eigenvalue weighted by Gasteiger charge is 2.49. The van der Waals surface area contributed by atoms with Gasteiger partial charge in [0.1, 0.15) is 5.54 Å². The molecule has 4 rings (SSSR count). The van der Waals surface area contributed by atoms with Crippen LogP contribution < -0.4 is 5.32 Å². The second kappa shape index (κ2) is 7.47. The summed E-state index contributed by atoms with van der Waals surface area (Å²) in [6.45, 7) is 1.29. The molecular weight excluding hydrogens is 411 g/mol. The number of amides is 3. The van der Waals surface area contributed by atoms with E-state index in [9.17, 15) is 14.4 Å². The lowest BCUT2D eigenvalue weighted by Gasteiger charge is -2.22. The molecule has 1 heterocycles. The molecule has 0 spiro atoms. The fourth-order valence-corrected chi connectivity index (χ4v) is 4.28. The SMILES string of the molecule is CC1(c2ccc(Cl)c(Cl)c2)NC(=O)N(CC(=O)c2ccc3c(c2)CCCC3)C1=O. The highest BCUT2D eigenvalue weighted by atomic mass is 35.5. The van der Waals surface area contributed by atoms with Crippen molar-refractivity contribution in [2.75, 3.05) is 6.54 Å². The number of imide groups is 1. The van der Waals surface area contributed by atoms with Crippen LogP contribution in [-0.4, -0.2) is 29.2 Å². The van der Waals surface area contributed by atoms with Gasteiger partial charge in [-0.25, -0.2) is 4.79 Å². The van der Waals surface area contributed by atoms with Crippen LogP contribution in [0, 0.1) is 0 Å². The van der Waals surface area contributed by atoms with Gasteiger partial charge in [0, 0.05) is 5.56 Å². The van der Waals surface area contributed by atoms with Crippen LogP contribution in [0.25, 0.3) is 0 Å². The van der Waals surface area contributed by atoms with E-state index in [1.54, 1.807) is 31.2 Å². The lowest BCUT2D eigenvalue weighted by atomic mass is 9.89. The minimum atomic E-state index is -1.30. The number of carbonyl (C=O) groups excluding carboxylic acids is 3. The van der Waals surface area contributed by atoms with Gasteiger partial charge in [0.15, 0.2) is 5.78 Å². The minimum Gasteiger partial charge on any atom is -0.319 e. The number of halogens is 2. The van der Waals surface area contributed by atoms with Crippen LogP contribution in [0.1, 0.15) is 46.8 Å². The molecule has 0 bridgehead atoms. The van der Waals surface area contributed by atoms with Crippen molar-refractivity contribution in [1.29, 1.82) is 0 Å². The molecule has 1 N–H and O–H groups in total. The number of ketones is 1. The lowest BCUT2D eigenvalue weighted by Crippen LogP contribution is -2.41. The van der Waals surface area contributed by atoms with E-state index >= 15 is 0 Å². The number of Topliss-reactive ketones (excluding diaryl/α,β-unsaturated/α-hetero) is 1. The molecule has 2 aromatic rings. The summed E-state index contributed by atoms with van der Waals surface area (Å²) in [5.74, 6) is -0.757.